The van der Waals surface area contributed by atoms with E-state index in [2.05, 4.69) is 31.9 Å². The second kappa shape index (κ2) is 13.7. The molecule has 12 nitrogen and oxygen atoms in total. The summed E-state index contributed by atoms with van der Waals surface area (Å²) in [6.07, 6.45) is -1.82. The highest BCUT2D eigenvalue weighted by Crippen LogP contribution is 2.40. The van der Waals surface area contributed by atoms with Gasteiger partial charge in [0.25, 0.3) is 11.8 Å². The number of alkyl halides is 3. The number of carbonyl (C=O) groups is 2. The first kappa shape index (κ1) is 29.6. The zero-order valence-electron chi connectivity index (χ0n) is 21.4. The number of amides is 2. The summed E-state index contributed by atoms with van der Waals surface area (Å²) in [5.41, 5.74) is 5.03. The Kier molecular flexibility index (Phi) is 10.4. The molecule has 1 aliphatic rings. The quantitative estimate of drug-likeness (QED) is 0.229. The number of rotatable bonds is 12. The molecule has 1 aromatic carbocycles. The predicted octanol–water partition coefficient (Wildman–Crippen LogP) is 1.89. The molecular weight excluding hydrogens is 523 g/mol. The number of hydrogen-bond donors (Lipinski definition) is 2. The van der Waals surface area contributed by atoms with Crippen LogP contribution in [0.2, 0.25) is 0 Å². The Balaban J connectivity index is 1.74. The number of nitrogens with zero attached hydrogens (tertiary/aromatic N) is 5. The maximum atomic E-state index is 13.3. The zero-order chi connectivity index (χ0) is 28.4. The molecule has 2 aromatic rings. The van der Waals surface area contributed by atoms with Crippen molar-refractivity contribution in [1.29, 1.82) is 0 Å². The Morgan fingerprint density at radius 3 is 2.56 bits per heavy atom. The van der Waals surface area contributed by atoms with Crippen molar-refractivity contribution in [3.63, 3.8) is 0 Å². The molecule has 3 rings (SSSR count). The summed E-state index contributed by atoms with van der Waals surface area (Å²) < 4.78 is 56.6. The molecule has 212 valence electrons. The summed E-state index contributed by atoms with van der Waals surface area (Å²) >= 11 is 0. The summed E-state index contributed by atoms with van der Waals surface area (Å²) in [6.45, 7) is 5.23. The van der Waals surface area contributed by atoms with Crippen LogP contribution in [-0.4, -0.2) is 104 Å². The van der Waals surface area contributed by atoms with E-state index in [-0.39, 0.29) is 34.3 Å². The maximum absolute atomic E-state index is 13.3. The van der Waals surface area contributed by atoms with Crippen molar-refractivity contribution >= 4 is 30.2 Å². The number of anilines is 1. The third-order valence-electron chi connectivity index (χ3n) is 5.69. The van der Waals surface area contributed by atoms with Gasteiger partial charge in [-0.1, -0.05) is 0 Å². The number of nitrogens with two attached hydrogens (primary N) is 1. The number of morpholine rings is 1. The lowest BCUT2D eigenvalue weighted by atomic mass is 10.1. The number of nitrogen functional groups attached to an aromatic ring is 1. The minimum atomic E-state index is -4.75. The maximum Gasteiger partial charge on any atom is 0.406 e. The van der Waals surface area contributed by atoms with Gasteiger partial charge in [-0.05, 0) is 25.3 Å². The van der Waals surface area contributed by atoms with E-state index in [1.165, 1.54) is 19.2 Å². The highest BCUT2D eigenvalue weighted by molar-refractivity contribution is 6.01. The van der Waals surface area contributed by atoms with Gasteiger partial charge in [-0.15, -0.1) is 0 Å². The van der Waals surface area contributed by atoms with Crippen molar-refractivity contribution < 1.29 is 37.0 Å². The van der Waals surface area contributed by atoms with Crippen LogP contribution in [0.25, 0.3) is 0 Å². The molecule has 0 unspecified atom stereocenters. The van der Waals surface area contributed by atoms with E-state index in [9.17, 15) is 22.8 Å². The highest BCUT2D eigenvalue weighted by Gasteiger charge is 2.35. The number of benzene rings is 1. The molecule has 1 aromatic heterocycles. The Hall–Kier alpha value is -3.98. The van der Waals surface area contributed by atoms with Gasteiger partial charge in [-0.2, -0.15) is 13.2 Å². The fourth-order valence-electron chi connectivity index (χ4n) is 3.80. The third-order valence-corrected chi connectivity index (χ3v) is 5.69. The van der Waals surface area contributed by atoms with Crippen LogP contribution in [0, 0.1) is 0 Å². The van der Waals surface area contributed by atoms with Gasteiger partial charge in [0.15, 0.2) is 11.5 Å². The summed E-state index contributed by atoms with van der Waals surface area (Å²) in [5, 5.41) is 2.26. The lowest BCUT2D eigenvalue weighted by molar-refractivity contribution is -0.141. The Morgan fingerprint density at radius 1 is 1.26 bits per heavy atom. The van der Waals surface area contributed by atoms with Crippen molar-refractivity contribution in [3.8, 4) is 11.5 Å². The monoisotopic (exact) mass is 553 g/mol. The summed E-state index contributed by atoms with van der Waals surface area (Å²) in [5.74, 6) is -1.62. The normalized spacial score (nSPS) is 13.9. The van der Waals surface area contributed by atoms with Crippen LogP contribution >= 0.6 is 0 Å². The van der Waals surface area contributed by atoms with Gasteiger partial charge >= 0.3 is 6.18 Å². The molecule has 1 aliphatic heterocycles. The molecule has 1 fully saturated rings. The average Bonchev–Trinajstić information content (AvgIpc) is 2.92. The van der Waals surface area contributed by atoms with Crippen LogP contribution in [0.3, 0.4) is 0 Å². The van der Waals surface area contributed by atoms with Gasteiger partial charge in [-0.3, -0.25) is 19.5 Å². The van der Waals surface area contributed by atoms with Crippen molar-refractivity contribution in [2.45, 2.75) is 12.6 Å². The Bertz CT molecular complexity index is 1140. The topological polar surface area (TPSA) is 144 Å². The van der Waals surface area contributed by atoms with Crippen LogP contribution in [-0.2, 0) is 4.74 Å². The van der Waals surface area contributed by atoms with Crippen LogP contribution in [0.15, 0.2) is 29.5 Å². The van der Waals surface area contributed by atoms with Crippen LogP contribution in [0.4, 0.5) is 24.8 Å². The molecule has 15 heteroatoms. The number of aliphatic imine (C=N–C) groups is 1. The van der Waals surface area contributed by atoms with Gasteiger partial charge in [0.05, 0.1) is 44.7 Å². The van der Waals surface area contributed by atoms with Crippen molar-refractivity contribution in [2.75, 3.05) is 65.5 Å². The van der Waals surface area contributed by atoms with Gasteiger partial charge < -0.3 is 30.2 Å². The van der Waals surface area contributed by atoms with Gasteiger partial charge in [0.1, 0.15) is 12.2 Å². The molecule has 0 aliphatic carbocycles. The molecule has 0 spiro atoms. The molecule has 2 amide bonds. The molecule has 39 heavy (non-hydrogen) atoms. The fraction of sp³-hybridized carbons (Fsp3) is 0.458. The molecular formula is C24H30F3N7O5. The van der Waals surface area contributed by atoms with Crippen molar-refractivity contribution in [2.24, 2.45) is 4.99 Å². The number of aromatic nitrogens is 2. The molecule has 1 saturated heterocycles. The molecule has 2 heterocycles. The molecule has 3 N–H and O–H groups in total. The van der Waals surface area contributed by atoms with Gasteiger partial charge in [-0.25, -0.2) is 9.97 Å². The number of methoxy groups -OCH3 is 1. The lowest BCUT2D eigenvalue weighted by Crippen LogP contribution is -2.45. The summed E-state index contributed by atoms with van der Waals surface area (Å²) in [7, 11) is 1.32. The van der Waals surface area contributed by atoms with E-state index in [0.29, 0.717) is 31.1 Å². The Morgan fingerprint density at radius 2 is 1.95 bits per heavy atom. The van der Waals surface area contributed by atoms with E-state index in [1.807, 2.05) is 0 Å². The molecule has 0 saturated carbocycles. The average molecular weight is 554 g/mol. The van der Waals surface area contributed by atoms with E-state index >= 15 is 0 Å². The molecule has 0 bridgehead atoms. The SMILES string of the molecule is C=Nc1c(C(=O)N(CNC(=O)c2cnc(N)nc2)CC(F)(F)F)ccc(OCCCN2CCOCC2)c1OC. The fourth-order valence-corrected chi connectivity index (χ4v) is 3.80. The van der Waals surface area contributed by atoms with Crippen LogP contribution in [0.5, 0.6) is 11.5 Å². The van der Waals surface area contributed by atoms with Crippen LogP contribution in [0.1, 0.15) is 27.1 Å². The first-order valence-corrected chi connectivity index (χ1v) is 11.9. The van der Waals surface area contributed by atoms with Crippen molar-refractivity contribution in [3.05, 3.63) is 35.7 Å². The minimum Gasteiger partial charge on any atom is -0.491 e. The van der Waals surface area contributed by atoms with Crippen molar-refractivity contribution in [1.82, 2.24) is 25.1 Å². The summed E-state index contributed by atoms with van der Waals surface area (Å²) in [4.78, 5) is 39.4. The minimum absolute atomic E-state index is 0.0474. The largest absolute Gasteiger partial charge is 0.491 e. The van der Waals surface area contributed by atoms with Crippen LogP contribution < -0.4 is 20.5 Å². The number of halogens is 3. The third kappa shape index (κ3) is 8.51. The zero-order valence-corrected chi connectivity index (χ0v) is 21.4. The smallest absolute Gasteiger partial charge is 0.406 e. The van der Waals surface area contributed by atoms with E-state index in [0.717, 1.165) is 32.0 Å². The Labute approximate surface area is 222 Å². The van der Waals surface area contributed by atoms with Gasteiger partial charge in [0, 0.05) is 32.0 Å². The van der Waals surface area contributed by atoms with Gasteiger partial charge in [0.2, 0.25) is 5.95 Å². The highest BCUT2D eigenvalue weighted by atomic mass is 19.4. The first-order valence-electron chi connectivity index (χ1n) is 11.9. The lowest BCUT2D eigenvalue weighted by Gasteiger charge is -2.26. The predicted molar refractivity (Wildman–Crippen MR) is 135 cm³/mol. The first-order chi connectivity index (χ1) is 18.6. The van der Waals surface area contributed by atoms with E-state index < -0.39 is 31.2 Å². The summed E-state index contributed by atoms with van der Waals surface area (Å²) in [6, 6.07) is 2.71. The second-order valence-corrected chi connectivity index (χ2v) is 8.42. The van der Waals surface area contributed by atoms with E-state index in [4.69, 9.17) is 19.9 Å². The molecule has 0 radical (unpaired) electrons. The second-order valence-electron chi connectivity index (χ2n) is 8.42. The standard InChI is InChI=1S/C24H30F3N7O5/c1-29-19-17(4-5-18(20(19)37-2)39-9-3-6-33-7-10-38-11-8-33)22(36)34(14-24(25,26)27)15-32-21(35)16-12-30-23(28)31-13-16/h4-5,12-13H,1,3,6-11,14-15H2,2H3,(H,32,35)(H2,28,30,31). The van der Waals surface area contributed by atoms with E-state index in [1.54, 1.807) is 0 Å². The number of carbonyl (C=O) groups excluding carboxylic acids is 2. The number of ether oxygens (including phenoxy) is 3. The molecule has 0 atom stereocenters. The number of hydrogen-bond acceptors (Lipinski definition) is 10. The number of nitrogens with one attached hydrogen (secondary N) is 1.